The minimum Gasteiger partial charge on any atom is -0.380 e. The highest BCUT2D eigenvalue weighted by atomic mass is 35.5. The number of halogens is 1. The zero-order valence-corrected chi connectivity index (χ0v) is 9.03. The van der Waals surface area contributed by atoms with Crippen LogP contribution in [0.1, 0.15) is 26.7 Å². The predicted octanol–water partition coefficient (Wildman–Crippen LogP) is 2.02. The van der Waals surface area contributed by atoms with Gasteiger partial charge in [-0.25, -0.2) is 0 Å². The fourth-order valence-electron chi connectivity index (χ4n) is 0.897. The lowest BCUT2D eigenvalue weighted by molar-refractivity contribution is 0.117. The van der Waals surface area contributed by atoms with Crippen LogP contribution in [0.5, 0.6) is 0 Å². The second-order valence-corrected chi connectivity index (χ2v) is 3.92. The van der Waals surface area contributed by atoms with Crippen molar-refractivity contribution in [1.82, 2.24) is 5.32 Å². The van der Waals surface area contributed by atoms with Gasteiger partial charge in [0.25, 0.3) is 0 Å². The van der Waals surface area contributed by atoms with Crippen LogP contribution in [0.2, 0.25) is 0 Å². The summed E-state index contributed by atoms with van der Waals surface area (Å²) >= 11 is 5.79. The lowest BCUT2D eigenvalue weighted by Gasteiger charge is -2.10. The molecular formula is C9H20ClNO. The average molecular weight is 194 g/mol. The van der Waals surface area contributed by atoms with Gasteiger partial charge in [0.15, 0.2) is 0 Å². The molecule has 0 aliphatic heterocycles. The van der Waals surface area contributed by atoms with Crippen molar-refractivity contribution in [1.29, 1.82) is 0 Å². The van der Waals surface area contributed by atoms with Crippen LogP contribution in [-0.4, -0.2) is 31.7 Å². The van der Waals surface area contributed by atoms with Crippen LogP contribution in [0.15, 0.2) is 0 Å². The summed E-state index contributed by atoms with van der Waals surface area (Å²) in [6.45, 7) is 6.04. The maximum absolute atomic E-state index is 5.79. The molecule has 74 valence electrons. The highest BCUT2D eigenvalue weighted by Crippen LogP contribution is 2.02. The largest absolute Gasteiger partial charge is 0.380 e. The van der Waals surface area contributed by atoms with Crippen LogP contribution in [0.3, 0.4) is 0 Å². The van der Waals surface area contributed by atoms with Crippen LogP contribution in [-0.2, 0) is 4.74 Å². The molecule has 0 spiro atoms. The molecule has 0 saturated heterocycles. The SMILES string of the molecule is COC(C)CNCCCC(C)Cl. The number of nitrogens with one attached hydrogen (secondary N) is 1. The Kier molecular flexibility index (Phi) is 7.98. The molecule has 0 amide bonds. The Balaban J connectivity index is 3.00. The molecule has 0 rings (SSSR count). The van der Waals surface area contributed by atoms with Crippen LogP contribution in [0, 0.1) is 0 Å². The average Bonchev–Trinajstić information content (AvgIpc) is 2.03. The van der Waals surface area contributed by atoms with E-state index in [1.54, 1.807) is 7.11 Å². The van der Waals surface area contributed by atoms with E-state index in [1.165, 1.54) is 0 Å². The Bertz CT molecular complexity index is 98.5. The van der Waals surface area contributed by atoms with Gasteiger partial charge in [0.1, 0.15) is 0 Å². The van der Waals surface area contributed by atoms with Gasteiger partial charge in [-0.3, -0.25) is 0 Å². The number of rotatable bonds is 7. The standard InChI is InChI=1S/C9H20ClNO/c1-8(10)5-4-6-11-7-9(2)12-3/h8-9,11H,4-7H2,1-3H3. The van der Waals surface area contributed by atoms with Gasteiger partial charge >= 0.3 is 0 Å². The first kappa shape index (κ1) is 12.2. The zero-order chi connectivity index (χ0) is 9.40. The Hall–Kier alpha value is 0.210. The van der Waals surface area contributed by atoms with Crippen molar-refractivity contribution in [2.24, 2.45) is 0 Å². The molecule has 0 aromatic heterocycles. The third-order valence-corrected chi connectivity index (χ3v) is 2.01. The van der Waals surface area contributed by atoms with Crippen molar-refractivity contribution < 1.29 is 4.74 Å². The summed E-state index contributed by atoms with van der Waals surface area (Å²) in [5.74, 6) is 0. The third-order valence-electron chi connectivity index (χ3n) is 1.79. The summed E-state index contributed by atoms with van der Waals surface area (Å²) in [6.07, 6.45) is 2.52. The normalized spacial score (nSPS) is 16.0. The molecule has 1 N–H and O–H groups in total. The molecule has 2 unspecified atom stereocenters. The van der Waals surface area contributed by atoms with Crippen molar-refractivity contribution in [2.45, 2.75) is 38.2 Å². The highest BCUT2D eigenvalue weighted by Gasteiger charge is 1.98. The van der Waals surface area contributed by atoms with Gasteiger partial charge in [0.05, 0.1) is 6.10 Å². The van der Waals surface area contributed by atoms with Crippen LogP contribution in [0.25, 0.3) is 0 Å². The smallest absolute Gasteiger partial charge is 0.0667 e. The third kappa shape index (κ3) is 8.31. The summed E-state index contributed by atoms with van der Waals surface area (Å²) < 4.78 is 5.09. The molecule has 0 aromatic carbocycles. The fourth-order valence-corrected chi connectivity index (χ4v) is 1.05. The van der Waals surface area contributed by atoms with Gasteiger partial charge in [-0.15, -0.1) is 11.6 Å². The van der Waals surface area contributed by atoms with E-state index < -0.39 is 0 Å². The summed E-state index contributed by atoms with van der Waals surface area (Å²) in [7, 11) is 1.73. The number of alkyl halides is 1. The van der Waals surface area contributed by atoms with Crippen molar-refractivity contribution >= 4 is 11.6 Å². The maximum atomic E-state index is 5.79. The van der Waals surface area contributed by atoms with Gasteiger partial charge < -0.3 is 10.1 Å². The molecule has 0 aromatic rings. The van der Waals surface area contributed by atoms with E-state index in [0.29, 0.717) is 11.5 Å². The molecule has 2 atom stereocenters. The van der Waals surface area contributed by atoms with Crippen LogP contribution < -0.4 is 5.32 Å². The zero-order valence-electron chi connectivity index (χ0n) is 8.27. The molecule has 0 bridgehead atoms. The lowest BCUT2D eigenvalue weighted by atomic mass is 10.2. The van der Waals surface area contributed by atoms with E-state index in [9.17, 15) is 0 Å². The van der Waals surface area contributed by atoms with E-state index in [0.717, 1.165) is 25.9 Å². The Morgan fingerprint density at radius 1 is 1.42 bits per heavy atom. The molecule has 0 saturated carbocycles. The summed E-state index contributed by atoms with van der Waals surface area (Å²) in [4.78, 5) is 0. The Morgan fingerprint density at radius 2 is 2.08 bits per heavy atom. The maximum Gasteiger partial charge on any atom is 0.0667 e. The van der Waals surface area contributed by atoms with Crippen LogP contribution in [0.4, 0.5) is 0 Å². The summed E-state index contributed by atoms with van der Waals surface area (Å²) in [5, 5.41) is 3.61. The number of hydrogen-bond donors (Lipinski definition) is 1. The Morgan fingerprint density at radius 3 is 2.58 bits per heavy atom. The molecule has 0 fully saturated rings. The van der Waals surface area contributed by atoms with Gasteiger partial charge in [-0.05, 0) is 33.2 Å². The lowest BCUT2D eigenvalue weighted by Crippen LogP contribution is -2.26. The van der Waals surface area contributed by atoms with Gasteiger partial charge in [-0.1, -0.05) is 0 Å². The first-order valence-corrected chi connectivity index (χ1v) is 4.98. The molecule has 3 heteroatoms. The molecular weight excluding hydrogens is 174 g/mol. The monoisotopic (exact) mass is 193 g/mol. The van der Waals surface area contributed by atoms with E-state index in [1.807, 2.05) is 6.92 Å². The van der Waals surface area contributed by atoms with Gasteiger partial charge in [-0.2, -0.15) is 0 Å². The minimum absolute atomic E-state index is 0.298. The molecule has 0 aliphatic carbocycles. The molecule has 0 aliphatic rings. The van der Waals surface area contributed by atoms with Crippen molar-refractivity contribution in [3.8, 4) is 0 Å². The van der Waals surface area contributed by atoms with Crippen molar-refractivity contribution in [2.75, 3.05) is 20.2 Å². The second-order valence-electron chi connectivity index (χ2n) is 3.17. The Labute approximate surface area is 80.6 Å². The van der Waals surface area contributed by atoms with E-state index in [2.05, 4.69) is 12.2 Å². The van der Waals surface area contributed by atoms with Crippen molar-refractivity contribution in [3.63, 3.8) is 0 Å². The first-order valence-electron chi connectivity index (χ1n) is 4.54. The highest BCUT2D eigenvalue weighted by molar-refractivity contribution is 6.20. The van der Waals surface area contributed by atoms with Crippen molar-refractivity contribution in [3.05, 3.63) is 0 Å². The minimum atomic E-state index is 0.298. The molecule has 0 radical (unpaired) electrons. The van der Waals surface area contributed by atoms with E-state index in [-0.39, 0.29) is 0 Å². The van der Waals surface area contributed by atoms with Gasteiger partial charge in [0, 0.05) is 19.0 Å². The quantitative estimate of drug-likeness (QED) is 0.494. The second kappa shape index (κ2) is 7.84. The number of ether oxygens (including phenoxy) is 1. The predicted molar refractivity (Wildman–Crippen MR) is 53.9 cm³/mol. The summed E-state index contributed by atoms with van der Waals surface area (Å²) in [6, 6.07) is 0. The first-order chi connectivity index (χ1) is 5.66. The topological polar surface area (TPSA) is 21.3 Å². The van der Waals surface area contributed by atoms with Gasteiger partial charge in [0.2, 0.25) is 0 Å². The van der Waals surface area contributed by atoms with Crippen LogP contribution >= 0.6 is 11.6 Å². The number of hydrogen-bond acceptors (Lipinski definition) is 2. The molecule has 2 nitrogen and oxygen atoms in total. The summed E-state index contributed by atoms with van der Waals surface area (Å²) in [5.41, 5.74) is 0. The fraction of sp³-hybridized carbons (Fsp3) is 1.00. The molecule has 12 heavy (non-hydrogen) atoms. The van der Waals surface area contributed by atoms with E-state index in [4.69, 9.17) is 16.3 Å². The molecule has 0 heterocycles. The number of methoxy groups -OCH3 is 1. The van der Waals surface area contributed by atoms with E-state index >= 15 is 0 Å².